The van der Waals surface area contributed by atoms with Crippen LogP contribution >= 0.6 is 0 Å². The summed E-state index contributed by atoms with van der Waals surface area (Å²) >= 11 is 0. The first-order chi connectivity index (χ1) is 30.3. The number of carbonyl (C=O) groups excluding carboxylic acids is 4. The first-order valence-electron chi connectivity index (χ1n) is 24.9. The van der Waals surface area contributed by atoms with Crippen molar-refractivity contribution in [3.63, 3.8) is 0 Å². The number of rotatable bonds is 10. The fourth-order valence-electron chi connectivity index (χ4n) is 16.2. The van der Waals surface area contributed by atoms with Crippen LogP contribution in [-0.4, -0.2) is 66.7 Å². The van der Waals surface area contributed by atoms with Gasteiger partial charge in [0.2, 0.25) is 5.78 Å². The second kappa shape index (κ2) is 16.2. The van der Waals surface area contributed by atoms with Crippen LogP contribution in [0.3, 0.4) is 0 Å². The molecule has 1 aromatic carbocycles. The molecule has 0 spiro atoms. The van der Waals surface area contributed by atoms with E-state index in [0.717, 1.165) is 49.9 Å². The normalized spacial score (nSPS) is 40.4. The third-order valence-electron chi connectivity index (χ3n) is 19.8. The smallest absolute Gasteiger partial charge is 0.310 e. The number of phenolic OH excluding ortho intramolecular Hbond substituents is 1. The van der Waals surface area contributed by atoms with Gasteiger partial charge in [0.1, 0.15) is 28.9 Å². The number of phenols is 1. The first-order valence-corrected chi connectivity index (χ1v) is 24.9. The lowest BCUT2D eigenvalue weighted by Gasteiger charge is -2.63. The highest BCUT2D eigenvalue weighted by molar-refractivity contribution is 6.24. The number of fused-ring (bicyclic) bond motifs is 8. The van der Waals surface area contributed by atoms with Gasteiger partial charge in [-0.3, -0.25) is 19.2 Å². The first kappa shape index (κ1) is 47.7. The molecule has 0 radical (unpaired) electrons. The third kappa shape index (κ3) is 6.58. The van der Waals surface area contributed by atoms with Crippen molar-refractivity contribution in [2.45, 2.75) is 177 Å². The highest BCUT2D eigenvalue weighted by Gasteiger charge is 2.77. The van der Waals surface area contributed by atoms with Crippen molar-refractivity contribution in [1.82, 2.24) is 0 Å². The maximum Gasteiger partial charge on any atom is 0.310 e. The van der Waals surface area contributed by atoms with Crippen molar-refractivity contribution < 1.29 is 49.4 Å². The number of hydrogen-bond acceptors (Lipinski definition) is 10. The minimum absolute atomic E-state index is 0.0822. The Morgan fingerprint density at radius 2 is 1.60 bits per heavy atom. The molecular weight excluding hydrogens is 821 g/mol. The number of carbonyl (C=O) groups is 4. The van der Waals surface area contributed by atoms with Gasteiger partial charge in [-0.25, -0.2) is 0 Å². The van der Waals surface area contributed by atoms with Crippen molar-refractivity contribution in [3.05, 3.63) is 57.4 Å². The van der Waals surface area contributed by atoms with Crippen LogP contribution in [0, 0.1) is 69.0 Å². The second-order valence-electron chi connectivity index (χ2n) is 23.7. The molecule has 6 unspecified atom stereocenters. The van der Waals surface area contributed by atoms with Crippen LogP contribution in [0.5, 0.6) is 5.75 Å². The van der Waals surface area contributed by atoms with E-state index in [2.05, 4.69) is 40.7 Å². The lowest BCUT2D eigenvalue weighted by molar-refractivity contribution is -0.215. The van der Waals surface area contributed by atoms with E-state index in [9.17, 15) is 44.7 Å². The lowest BCUT2D eigenvalue weighted by atomic mass is 9.40. The Bertz CT molecular complexity index is 2280. The maximum atomic E-state index is 14.9. The summed E-state index contributed by atoms with van der Waals surface area (Å²) in [5.41, 5.74) is -5.46. The van der Waals surface area contributed by atoms with E-state index in [4.69, 9.17) is 4.74 Å². The number of Topliss-reactive ketones (excluding diaryl/α,β-unsaturated/α-hetero) is 3. The minimum atomic E-state index is -2.97. The summed E-state index contributed by atoms with van der Waals surface area (Å²) in [5.74, 6) is -3.87. The highest BCUT2D eigenvalue weighted by atomic mass is 16.5. The summed E-state index contributed by atoms with van der Waals surface area (Å²) in [7, 11) is 0. The Labute approximate surface area is 386 Å². The quantitative estimate of drug-likeness (QED) is 0.0862. The Balaban J connectivity index is 1.01. The number of aliphatic hydroxyl groups is 4. The molecule has 7 aliphatic carbocycles. The van der Waals surface area contributed by atoms with E-state index in [1.165, 1.54) is 57.4 Å². The molecule has 65 heavy (non-hydrogen) atoms. The monoisotopic (exact) mass is 897 g/mol. The molecule has 0 heterocycles. The van der Waals surface area contributed by atoms with Gasteiger partial charge in [-0.1, -0.05) is 112 Å². The Morgan fingerprint density at radius 3 is 2.25 bits per heavy atom. The molecule has 0 bridgehead atoms. The standard InChI is InChI=1S/C55H76O10/c1-27(2)13-12-14-29(5)37-19-20-38-36-18-16-33-26-34(21-23-51(33,8)39(36)22-24-52(37,38)9)65-40(57)25-32-15-17-35-30(6)53(10)44(47(60)42(35)45(32)58)49(62)55(64)48(61)41(31(7)56)46(59)43(28(3)4)54(55,11)50(53)63/h15-17,27-30,34,36-39,43,50,58,60-61,63-64H,12-14,18-26H2,1-11H3/t29-,30+,34?,36?,37?,38?,39?,43?,50+,51-,52+,53-,54-,55-/m0/s1. The molecule has 10 nitrogen and oxygen atoms in total. The van der Waals surface area contributed by atoms with E-state index < -0.39 is 92.0 Å². The number of allylic oxidation sites excluding steroid dienone is 2. The number of ketones is 3. The Kier molecular flexibility index (Phi) is 11.9. The van der Waals surface area contributed by atoms with Gasteiger partial charge in [0.15, 0.2) is 17.2 Å². The average molecular weight is 897 g/mol. The van der Waals surface area contributed by atoms with Crippen LogP contribution < -0.4 is 0 Å². The fraction of sp³-hybridized carbons (Fsp3) is 0.709. The average Bonchev–Trinajstić information content (AvgIpc) is 3.59. The Hall–Kier alpha value is -3.76. The summed E-state index contributed by atoms with van der Waals surface area (Å²) in [6.45, 7) is 21.3. The van der Waals surface area contributed by atoms with Gasteiger partial charge in [-0.15, -0.1) is 0 Å². The molecule has 356 valence electrons. The number of ether oxygens (including phenoxy) is 1. The maximum absolute atomic E-state index is 14.9. The lowest BCUT2D eigenvalue weighted by Crippen LogP contribution is -2.75. The van der Waals surface area contributed by atoms with Gasteiger partial charge in [0.25, 0.3) is 0 Å². The van der Waals surface area contributed by atoms with Crippen LogP contribution in [-0.2, 0) is 30.3 Å². The van der Waals surface area contributed by atoms with Crippen LogP contribution in [0.25, 0.3) is 5.76 Å². The minimum Gasteiger partial charge on any atom is -0.508 e. The van der Waals surface area contributed by atoms with Crippen molar-refractivity contribution in [2.75, 3.05) is 0 Å². The van der Waals surface area contributed by atoms with Crippen LogP contribution in [0.1, 0.15) is 169 Å². The largest absolute Gasteiger partial charge is 0.508 e. The molecule has 8 rings (SSSR count). The van der Waals surface area contributed by atoms with Gasteiger partial charge < -0.3 is 30.3 Å². The second-order valence-corrected chi connectivity index (χ2v) is 23.7. The molecular formula is C55H76O10. The number of aromatic hydroxyl groups is 1. The third-order valence-corrected chi connectivity index (χ3v) is 19.8. The number of esters is 1. The zero-order chi connectivity index (χ0) is 47.7. The molecule has 1 aromatic rings. The summed E-state index contributed by atoms with van der Waals surface area (Å²) in [5, 5.41) is 60.5. The van der Waals surface area contributed by atoms with Crippen molar-refractivity contribution in [2.24, 2.45) is 69.0 Å². The molecule has 0 aliphatic heterocycles. The van der Waals surface area contributed by atoms with Crippen molar-refractivity contribution >= 4 is 29.1 Å². The zero-order valence-electron chi connectivity index (χ0n) is 40.8. The predicted molar refractivity (Wildman–Crippen MR) is 249 cm³/mol. The molecule has 4 saturated carbocycles. The van der Waals surface area contributed by atoms with E-state index in [1.54, 1.807) is 39.8 Å². The highest BCUT2D eigenvalue weighted by Crippen LogP contribution is 2.69. The van der Waals surface area contributed by atoms with Gasteiger partial charge in [0.05, 0.1) is 23.7 Å². The van der Waals surface area contributed by atoms with Gasteiger partial charge in [-0.2, -0.15) is 0 Å². The van der Waals surface area contributed by atoms with E-state index >= 15 is 0 Å². The molecule has 4 fully saturated rings. The van der Waals surface area contributed by atoms with E-state index in [1.807, 2.05) is 0 Å². The van der Waals surface area contributed by atoms with E-state index in [-0.39, 0.29) is 29.1 Å². The number of aliphatic hydroxyl groups excluding tert-OH is 3. The molecule has 10 heteroatoms. The summed E-state index contributed by atoms with van der Waals surface area (Å²) in [4.78, 5) is 55.3. The molecule has 0 saturated heterocycles. The van der Waals surface area contributed by atoms with Crippen LogP contribution in [0.4, 0.5) is 0 Å². The summed E-state index contributed by atoms with van der Waals surface area (Å²) in [6, 6.07) is 3.25. The van der Waals surface area contributed by atoms with Crippen LogP contribution in [0.2, 0.25) is 0 Å². The van der Waals surface area contributed by atoms with Crippen LogP contribution in [0.15, 0.2) is 40.7 Å². The van der Waals surface area contributed by atoms with Gasteiger partial charge >= 0.3 is 5.97 Å². The molecule has 0 aromatic heterocycles. The fourth-order valence-corrected chi connectivity index (χ4v) is 16.2. The topological polar surface area (TPSA) is 179 Å². The summed E-state index contributed by atoms with van der Waals surface area (Å²) < 4.78 is 6.17. The number of benzene rings is 1. The molecule has 0 amide bonds. The SMILES string of the molecule is CC(=O)C1=C(O)[C@]2(O)C(=O)C3=C(O)c4c(ccc(CC(=O)OC5CC[C@@]6(C)C(=CCC7C8CCC([C@@H](C)CCCC(C)C)[C@@]8(C)CCC76)C5)c4O)[C@@H](C)[C@]3(C)[C@@H](O)[C@]2(C)C(C(C)C)C1=O. The molecule has 7 aliphatic rings. The van der Waals surface area contributed by atoms with Crippen molar-refractivity contribution in [1.29, 1.82) is 0 Å². The summed E-state index contributed by atoms with van der Waals surface area (Å²) in [6.07, 6.45) is 12.9. The van der Waals surface area contributed by atoms with E-state index in [0.29, 0.717) is 29.2 Å². The molecule has 14 atom stereocenters. The zero-order valence-corrected chi connectivity index (χ0v) is 40.8. The van der Waals surface area contributed by atoms with Crippen molar-refractivity contribution in [3.8, 4) is 5.75 Å². The van der Waals surface area contributed by atoms with Gasteiger partial charge in [0, 0.05) is 28.7 Å². The molecule has 5 N–H and O–H groups in total. The van der Waals surface area contributed by atoms with Gasteiger partial charge in [-0.05, 0) is 116 Å². The Morgan fingerprint density at radius 1 is 0.908 bits per heavy atom. The predicted octanol–water partition coefficient (Wildman–Crippen LogP) is 10.2. The number of hydrogen-bond donors (Lipinski definition) is 5.